The summed E-state index contributed by atoms with van der Waals surface area (Å²) in [5, 5.41) is 19.4. The average molecular weight is 1030 g/mol. The van der Waals surface area contributed by atoms with Crippen molar-refractivity contribution in [1.29, 1.82) is 0 Å². The van der Waals surface area contributed by atoms with Gasteiger partial charge in [-0.25, -0.2) is 9.59 Å². The van der Waals surface area contributed by atoms with Crippen LogP contribution in [0.1, 0.15) is 266 Å². The minimum atomic E-state index is -0.628. The number of rotatable bonds is 48. The monoisotopic (exact) mass is 1030 g/mol. The molecular weight excluding hydrogens is 917 g/mol. The zero-order valence-electron chi connectivity index (χ0n) is 47.0. The second-order valence-corrected chi connectivity index (χ2v) is 20.1. The molecule has 2 N–H and O–H groups in total. The van der Waals surface area contributed by atoms with Gasteiger partial charge in [-0.05, 0) is 99.9 Å². The topological polar surface area (TPSA) is 130 Å². The highest BCUT2D eigenvalue weighted by atomic mass is 16.6. The van der Waals surface area contributed by atoms with Crippen molar-refractivity contribution < 1.29 is 48.2 Å². The smallest absolute Gasteiger partial charge is 0.347 e. The summed E-state index contributed by atoms with van der Waals surface area (Å²) >= 11 is 0. The van der Waals surface area contributed by atoms with Crippen LogP contribution >= 0.6 is 0 Å². The van der Waals surface area contributed by atoms with Gasteiger partial charge in [-0.15, -0.1) is 0 Å². The molecule has 2 aromatic rings. The van der Waals surface area contributed by atoms with Crippen LogP contribution < -0.4 is 18.9 Å². The van der Waals surface area contributed by atoms with E-state index in [0.29, 0.717) is 24.3 Å². The average Bonchev–Trinajstić information content (AvgIpc) is 3.40. The zero-order chi connectivity index (χ0) is 52.5. The van der Waals surface area contributed by atoms with Gasteiger partial charge in [-0.1, -0.05) is 215 Å². The Balaban J connectivity index is 0.00000141. The number of hydrogen-bond acceptors (Lipinski definition) is 10. The van der Waals surface area contributed by atoms with E-state index in [2.05, 4.69) is 27.7 Å². The maximum Gasteiger partial charge on any atom is 0.347 e. The van der Waals surface area contributed by atoms with E-state index in [0.717, 1.165) is 62.9 Å². The lowest BCUT2D eigenvalue weighted by Crippen LogP contribution is -2.29. The predicted octanol–water partition coefficient (Wildman–Crippen LogP) is 17.5. The lowest BCUT2D eigenvalue weighted by Gasteiger charge is -2.19. The summed E-state index contributed by atoms with van der Waals surface area (Å²) in [5.41, 5.74) is 0. The fourth-order valence-electron chi connectivity index (χ4n) is 8.93. The number of carbonyl (C=O) groups is 2. The van der Waals surface area contributed by atoms with Gasteiger partial charge >= 0.3 is 11.9 Å². The first-order valence-electron chi connectivity index (χ1n) is 29.5. The highest BCUT2D eigenvalue weighted by Crippen LogP contribution is 2.25. The van der Waals surface area contributed by atoms with Crippen molar-refractivity contribution in [2.24, 2.45) is 0 Å². The van der Waals surface area contributed by atoms with Gasteiger partial charge in [-0.3, -0.25) is 0 Å². The molecule has 4 unspecified atom stereocenters. The molecule has 0 amide bonds. The number of aliphatic hydroxyl groups is 2. The summed E-state index contributed by atoms with van der Waals surface area (Å²) in [6.45, 7) is 9.04. The first-order chi connectivity index (χ1) is 35.3. The molecule has 0 saturated heterocycles. The Morgan fingerprint density at radius 3 is 0.767 bits per heavy atom. The van der Waals surface area contributed by atoms with Crippen LogP contribution in [-0.4, -0.2) is 74.0 Å². The maximum absolute atomic E-state index is 12.3. The van der Waals surface area contributed by atoms with Crippen molar-refractivity contribution >= 4 is 11.9 Å². The number of ether oxygens (including phenoxy) is 6. The van der Waals surface area contributed by atoms with Crippen molar-refractivity contribution in [1.82, 2.24) is 0 Å². The van der Waals surface area contributed by atoms with Crippen molar-refractivity contribution in [3.05, 3.63) is 48.5 Å². The molecule has 0 aromatic heterocycles. The number of hydrogen-bond donors (Lipinski definition) is 2. The van der Waals surface area contributed by atoms with Crippen LogP contribution in [-0.2, 0) is 19.1 Å². The van der Waals surface area contributed by atoms with Gasteiger partial charge in [0.05, 0.1) is 27.4 Å². The summed E-state index contributed by atoms with van der Waals surface area (Å²) in [5.74, 6) is 1.95. The second-order valence-electron chi connectivity index (χ2n) is 20.1. The van der Waals surface area contributed by atoms with Crippen molar-refractivity contribution in [2.45, 2.75) is 291 Å². The van der Waals surface area contributed by atoms with Gasteiger partial charge in [0.25, 0.3) is 0 Å². The first-order valence-corrected chi connectivity index (χ1v) is 29.5. The third-order valence-electron chi connectivity index (χ3n) is 13.5. The summed E-state index contributed by atoms with van der Waals surface area (Å²) in [6.07, 6.45) is 41.2. The summed E-state index contributed by atoms with van der Waals surface area (Å²) in [6, 6.07) is 14.7. The van der Waals surface area contributed by atoms with E-state index in [9.17, 15) is 19.8 Å². The molecule has 0 saturated carbocycles. The van der Waals surface area contributed by atoms with Crippen LogP contribution in [0.5, 0.6) is 23.0 Å². The van der Waals surface area contributed by atoms with Crippen LogP contribution in [0.2, 0.25) is 0 Å². The van der Waals surface area contributed by atoms with Gasteiger partial charge in [-0.2, -0.15) is 0 Å². The summed E-state index contributed by atoms with van der Waals surface area (Å²) < 4.78 is 33.8. The lowest BCUT2D eigenvalue weighted by molar-refractivity contribution is -0.150. The number of aliphatic hydroxyl groups excluding tert-OH is 2. The maximum atomic E-state index is 12.3. The molecule has 0 heterocycles. The van der Waals surface area contributed by atoms with Crippen molar-refractivity contribution in [2.75, 3.05) is 27.4 Å². The van der Waals surface area contributed by atoms with E-state index in [-0.39, 0.29) is 44.8 Å². The first kappa shape index (κ1) is 69.5. The minimum absolute atomic E-state index is 0. The predicted molar refractivity (Wildman–Crippen MR) is 304 cm³/mol. The lowest BCUT2D eigenvalue weighted by atomic mass is 10.1. The van der Waals surface area contributed by atoms with Crippen LogP contribution in [0.15, 0.2) is 48.5 Å². The van der Waals surface area contributed by atoms with Gasteiger partial charge < -0.3 is 38.6 Å². The van der Waals surface area contributed by atoms with Crippen LogP contribution in [0.3, 0.4) is 0 Å². The van der Waals surface area contributed by atoms with Gasteiger partial charge in [0, 0.05) is 0 Å². The SMILES string of the molecule is C.CCCCCCCCCCC(CO)Oc1ccc(OC(CO)CCCCCCCCCC)cc1.CCCCCCCCCCC(Oc1ccc(OC(CCCCCCCCCC)C(=O)OC)cc1)C(=O)OC. The molecule has 2 aromatic carbocycles. The van der Waals surface area contributed by atoms with Crippen LogP contribution in [0, 0.1) is 0 Å². The fraction of sp³-hybridized carbons (Fsp3) is 0.778. The van der Waals surface area contributed by atoms with Gasteiger partial charge in [0.15, 0.2) is 12.2 Å². The standard InChI is InChI=1S/C32H54O6.C30H54O4.CH4/c1-5-7-9-11-13-15-17-19-21-29(31(33)35-3)37-27-23-25-28(26-24-27)38-30(32(34)36-4)22-20-18-16-14-12-10-8-6-2;1-3-5-7-9-11-13-15-17-19-29(25-31)33-27-21-23-28(24-22-27)34-30(26-32)20-18-16-14-12-10-8-6-4-2;/h23-26,29-30H,5-22H2,1-4H3;21-24,29-32H,3-20,25-26H2,1-2H3;1H4. The van der Waals surface area contributed by atoms with E-state index in [1.165, 1.54) is 181 Å². The largest absolute Gasteiger partial charge is 0.488 e. The Morgan fingerprint density at radius 2 is 0.548 bits per heavy atom. The molecule has 2 rings (SSSR count). The molecule has 0 aliphatic carbocycles. The molecule has 0 fully saturated rings. The van der Waals surface area contributed by atoms with Crippen LogP contribution in [0.25, 0.3) is 0 Å². The second kappa shape index (κ2) is 50.6. The third kappa shape index (κ3) is 38.7. The molecule has 73 heavy (non-hydrogen) atoms. The molecule has 10 nitrogen and oxygen atoms in total. The Labute approximate surface area is 448 Å². The van der Waals surface area contributed by atoms with Gasteiger partial charge in [0.1, 0.15) is 35.2 Å². The quantitative estimate of drug-likeness (QED) is 0.0488. The van der Waals surface area contributed by atoms with E-state index >= 15 is 0 Å². The Kier molecular flexibility index (Phi) is 48.2. The van der Waals surface area contributed by atoms with Crippen molar-refractivity contribution in [3.63, 3.8) is 0 Å². The van der Waals surface area contributed by atoms with Crippen LogP contribution in [0.4, 0.5) is 0 Å². The van der Waals surface area contributed by atoms with Crippen molar-refractivity contribution in [3.8, 4) is 23.0 Å². The molecule has 0 bridgehead atoms. The van der Waals surface area contributed by atoms with E-state index in [1.54, 1.807) is 24.3 Å². The number of methoxy groups -OCH3 is 2. The Morgan fingerprint density at radius 1 is 0.342 bits per heavy atom. The summed E-state index contributed by atoms with van der Waals surface area (Å²) in [4.78, 5) is 24.5. The Hall–Kier alpha value is -3.50. The van der Waals surface area contributed by atoms with Gasteiger partial charge in [0.2, 0.25) is 0 Å². The molecule has 0 aliphatic rings. The Bertz CT molecular complexity index is 1370. The number of esters is 2. The molecule has 0 spiro atoms. The van der Waals surface area contributed by atoms with E-state index < -0.39 is 12.2 Å². The molecule has 0 aliphatic heterocycles. The highest BCUT2D eigenvalue weighted by molar-refractivity contribution is 5.75. The molecule has 4 atom stereocenters. The summed E-state index contributed by atoms with van der Waals surface area (Å²) in [7, 11) is 2.78. The minimum Gasteiger partial charge on any atom is -0.488 e. The number of benzene rings is 2. The molecule has 424 valence electrons. The zero-order valence-corrected chi connectivity index (χ0v) is 47.0. The molecule has 10 heteroatoms. The van der Waals surface area contributed by atoms with E-state index in [1.807, 2.05) is 24.3 Å². The fourth-order valence-corrected chi connectivity index (χ4v) is 8.93. The molecule has 0 radical (unpaired) electrons. The number of carbonyl (C=O) groups excluding carboxylic acids is 2. The molecular formula is C63H112O10. The normalized spacial score (nSPS) is 12.6. The third-order valence-corrected chi connectivity index (χ3v) is 13.5. The number of unbranched alkanes of at least 4 members (excludes halogenated alkanes) is 28. The highest BCUT2D eigenvalue weighted by Gasteiger charge is 2.23. The van der Waals surface area contributed by atoms with E-state index in [4.69, 9.17) is 28.4 Å².